The van der Waals surface area contributed by atoms with Crippen LogP contribution in [-0.4, -0.2) is 53.0 Å². The number of rotatable bonds is 3. The van der Waals surface area contributed by atoms with Gasteiger partial charge in [-0.3, -0.25) is 9.59 Å². The Hall–Kier alpha value is -1.82. The minimum Gasteiger partial charge on any atom is -0.464 e. The fourth-order valence-corrected chi connectivity index (χ4v) is 3.50. The second-order valence-corrected chi connectivity index (χ2v) is 6.59. The Labute approximate surface area is 136 Å². The summed E-state index contributed by atoms with van der Waals surface area (Å²) < 4.78 is 11.2. The summed E-state index contributed by atoms with van der Waals surface area (Å²) in [6, 6.07) is 3.35. The molecule has 2 aliphatic heterocycles. The van der Waals surface area contributed by atoms with Crippen LogP contribution in [0.25, 0.3) is 0 Å². The van der Waals surface area contributed by atoms with Crippen LogP contribution in [-0.2, 0) is 20.9 Å². The van der Waals surface area contributed by atoms with Crippen molar-refractivity contribution in [1.29, 1.82) is 0 Å². The molecule has 2 amide bonds. The molecule has 0 spiro atoms. The number of carbonyl (C=O) groups is 2. The summed E-state index contributed by atoms with van der Waals surface area (Å²) in [5.74, 6) is 1.58. The topological polar surface area (TPSA) is 63.0 Å². The molecule has 3 heterocycles. The van der Waals surface area contributed by atoms with Gasteiger partial charge in [0.25, 0.3) is 0 Å². The molecule has 3 atom stereocenters. The summed E-state index contributed by atoms with van der Waals surface area (Å²) in [4.78, 5) is 28.6. The molecule has 2 fully saturated rings. The highest BCUT2D eigenvalue weighted by Gasteiger charge is 2.40. The van der Waals surface area contributed by atoms with Crippen molar-refractivity contribution in [3.05, 3.63) is 23.7 Å². The van der Waals surface area contributed by atoms with Crippen LogP contribution >= 0.6 is 0 Å². The molecule has 0 saturated carbocycles. The maximum absolute atomic E-state index is 12.9. The highest BCUT2D eigenvalue weighted by atomic mass is 16.5. The Kier molecular flexibility index (Phi) is 4.43. The number of nitrogens with zero attached hydrogens (tertiary/aromatic N) is 2. The van der Waals surface area contributed by atoms with E-state index in [9.17, 15) is 9.59 Å². The van der Waals surface area contributed by atoms with E-state index in [4.69, 9.17) is 9.15 Å². The third kappa shape index (κ3) is 3.42. The standard InChI is InChI=1S/C17H24N2O4/c1-11-4-5-14(23-11)10-19-15(6-7-16(19)20)17(21)18-8-12(2)22-13(3)9-18/h4-5,12-13,15H,6-10H2,1-3H3. The lowest BCUT2D eigenvalue weighted by molar-refractivity contribution is -0.150. The molecule has 2 saturated heterocycles. The van der Waals surface area contributed by atoms with Gasteiger partial charge in [0, 0.05) is 19.5 Å². The quantitative estimate of drug-likeness (QED) is 0.850. The lowest BCUT2D eigenvalue weighted by Gasteiger charge is -2.38. The molecule has 0 N–H and O–H groups in total. The molecule has 6 heteroatoms. The van der Waals surface area contributed by atoms with E-state index in [0.29, 0.717) is 32.5 Å². The van der Waals surface area contributed by atoms with Gasteiger partial charge in [-0.15, -0.1) is 0 Å². The zero-order valence-corrected chi connectivity index (χ0v) is 13.9. The number of amides is 2. The Morgan fingerprint density at radius 1 is 1.26 bits per heavy atom. The van der Waals surface area contributed by atoms with Crippen LogP contribution in [0, 0.1) is 6.92 Å². The number of aryl methyl sites for hydroxylation is 1. The van der Waals surface area contributed by atoms with E-state index < -0.39 is 0 Å². The van der Waals surface area contributed by atoms with Crippen LogP contribution in [0.4, 0.5) is 0 Å². The Bertz CT molecular complexity index is 587. The normalized spacial score (nSPS) is 28.5. The van der Waals surface area contributed by atoms with E-state index in [0.717, 1.165) is 11.5 Å². The zero-order valence-electron chi connectivity index (χ0n) is 13.9. The molecule has 0 aromatic carbocycles. The van der Waals surface area contributed by atoms with Gasteiger partial charge in [-0.25, -0.2) is 0 Å². The van der Waals surface area contributed by atoms with Gasteiger partial charge in [0.2, 0.25) is 11.8 Å². The third-order valence-electron chi connectivity index (χ3n) is 4.47. The molecule has 2 aliphatic rings. The fourth-order valence-electron chi connectivity index (χ4n) is 3.50. The van der Waals surface area contributed by atoms with Crippen molar-refractivity contribution in [3.8, 4) is 0 Å². The van der Waals surface area contributed by atoms with Crippen LogP contribution in [0.15, 0.2) is 16.5 Å². The molecule has 0 radical (unpaired) electrons. The number of likely N-dealkylation sites (tertiary alicyclic amines) is 1. The van der Waals surface area contributed by atoms with Gasteiger partial charge in [-0.05, 0) is 39.3 Å². The molecule has 126 valence electrons. The Balaban J connectivity index is 1.72. The van der Waals surface area contributed by atoms with Crippen molar-refractivity contribution >= 4 is 11.8 Å². The highest BCUT2D eigenvalue weighted by Crippen LogP contribution is 2.25. The van der Waals surface area contributed by atoms with E-state index >= 15 is 0 Å². The smallest absolute Gasteiger partial charge is 0.245 e. The summed E-state index contributed by atoms with van der Waals surface area (Å²) >= 11 is 0. The first kappa shape index (κ1) is 16.1. The van der Waals surface area contributed by atoms with Gasteiger partial charge in [0.15, 0.2) is 0 Å². The van der Waals surface area contributed by atoms with E-state index in [1.54, 1.807) is 4.90 Å². The van der Waals surface area contributed by atoms with Crippen molar-refractivity contribution in [1.82, 2.24) is 9.80 Å². The van der Waals surface area contributed by atoms with Crippen LogP contribution in [0.2, 0.25) is 0 Å². The van der Waals surface area contributed by atoms with Gasteiger partial charge < -0.3 is 19.0 Å². The first-order valence-electron chi connectivity index (χ1n) is 8.23. The third-order valence-corrected chi connectivity index (χ3v) is 4.47. The maximum Gasteiger partial charge on any atom is 0.245 e. The lowest BCUT2D eigenvalue weighted by Crippen LogP contribution is -2.54. The monoisotopic (exact) mass is 320 g/mol. The molecular formula is C17H24N2O4. The Morgan fingerprint density at radius 2 is 1.96 bits per heavy atom. The number of hydrogen-bond acceptors (Lipinski definition) is 4. The molecule has 23 heavy (non-hydrogen) atoms. The summed E-state index contributed by atoms with van der Waals surface area (Å²) in [6.07, 6.45) is 1.06. The van der Waals surface area contributed by atoms with E-state index in [-0.39, 0.29) is 30.1 Å². The predicted octanol–water partition coefficient (Wildman–Crippen LogP) is 1.71. The summed E-state index contributed by atoms with van der Waals surface area (Å²) in [5.41, 5.74) is 0. The molecule has 6 nitrogen and oxygen atoms in total. The average Bonchev–Trinajstić information content (AvgIpc) is 3.05. The summed E-state index contributed by atoms with van der Waals surface area (Å²) in [7, 11) is 0. The van der Waals surface area contributed by atoms with Gasteiger partial charge in [0.05, 0.1) is 18.8 Å². The molecule has 0 aliphatic carbocycles. The molecule has 3 unspecified atom stereocenters. The summed E-state index contributed by atoms with van der Waals surface area (Å²) in [5, 5.41) is 0. The van der Waals surface area contributed by atoms with E-state index in [2.05, 4.69) is 0 Å². The molecule has 1 aromatic heterocycles. The van der Waals surface area contributed by atoms with Gasteiger partial charge in [0.1, 0.15) is 17.6 Å². The predicted molar refractivity (Wildman–Crippen MR) is 83.6 cm³/mol. The molecule has 0 bridgehead atoms. The molecule has 3 rings (SSSR count). The largest absolute Gasteiger partial charge is 0.464 e. The average molecular weight is 320 g/mol. The lowest BCUT2D eigenvalue weighted by atomic mass is 10.1. The van der Waals surface area contributed by atoms with E-state index in [1.165, 1.54) is 0 Å². The number of ether oxygens (including phenoxy) is 1. The van der Waals surface area contributed by atoms with Gasteiger partial charge in [-0.1, -0.05) is 0 Å². The van der Waals surface area contributed by atoms with Gasteiger partial charge >= 0.3 is 0 Å². The van der Waals surface area contributed by atoms with E-state index in [1.807, 2.05) is 37.8 Å². The first-order chi connectivity index (χ1) is 10.9. The second kappa shape index (κ2) is 6.35. The maximum atomic E-state index is 12.9. The first-order valence-corrected chi connectivity index (χ1v) is 8.23. The van der Waals surface area contributed by atoms with Crippen LogP contribution < -0.4 is 0 Å². The SMILES string of the molecule is Cc1ccc(CN2C(=O)CCC2C(=O)N2CC(C)OC(C)C2)o1. The van der Waals surface area contributed by atoms with Crippen LogP contribution in [0.3, 0.4) is 0 Å². The highest BCUT2D eigenvalue weighted by molar-refractivity contribution is 5.91. The number of hydrogen-bond donors (Lipinski definition) is 0. The van der Waals surface area contributed by atoms with Crippen molar-refractivity contribution < 1.29 is 18.7 Å². The van der Waals surface area contributed by atoms with Crippen molar-refractivity contribution in [2.24, 2.45) is 0 Å². The number of carbonyl (C=O) groups excluding carboxylic acids is 2. The molecular weight excluding hydrogens is 296 g/mol. The zero-order chi connectivity index (χ0) is 16.6. The summed E-state index contributed by atoms with van der Waals surface area (Å²) in [6.45, 7) is 7.34. The van der Waals surface area contributed by atoms with Crippen molar-refractivity contribution in [2.75, 3.05) is 13.1 Å². The van der Waals surface area contributed by atoms with Crippen LogP contribution in [0.5, 0.6) is 0 Å². The minimum absolute atomic E-state index is 0.0201. The Morgan fingerprint density at radius 3 is 2.57 bits per heavy atom. The van der Waals surface area contributed by atoms with Gasteiger partial charge in [-0.2, -0.15) is 0 Å². The minimum atomic E-state index is -0.384. The van der Waals surface area contributed by atoms with Crippen molar-refractivity contribution in [3.63, 3.8) is 0 Å². The van der Waals surface area contributed by atoms with Crippen molar-refractivity contribution in [2.45, 2.75) is 58.4 Å². The second-order valence-electron chi connectivity index (χ2n) is 6.59. The number of furan rings is 1. The molecule has 1 aromatic rings. The van der Waals surface area contributed by atoms with Crippen LogP contribution in [0.1, 0.15) is 38.2 Å². The number of morpholine rings is 1. The fraction of sp³-hybridized carbons (Fsp3) is 0.647.